The third-order valence-corrected chi connectivity index (χ3v) is 6.21. The summed E-state index contributed by atoms with van der Waals surface area (Å²) >= 11 is 1.66. The zero-order chi connectivity index (χ0) is 18.9. The first-order valence-electron chi connectivity index (χ1n) is 9.44. The second kappa shape index (κ2) is 7.28. The van der Waals surface area contributed by atoms with Gasteiger partial charge in [0.15, 0.2) is 0 Å². The molecule has 1 aliphatic carbocycles. The van der Waals surface area contributed by atoms with E-state index in [9.17, 15) is 4.79 Å². The molecule has 3 aromatic rings. The van der Waals surface area contributed by atoms with Crippen LogP contribution in [0, 0.1) is 13.8 Å². The average Bonchev–Trinajstić information content (AvgIpc) is 3.35. The Hall–Kier alpha value is -2.46. The predicted octanol–water partition coefficient (Wildman–Crippen LogP) is 4.82. The molecular weight excluding hydrogens is 352 g/mol. The van der Waals surface area contributed by atoms with Crippen LogP contribution in [0.15, 0.2) is 53.9 Å². The van der Waals surface area contributed by atoms with Gasteiger partial charge in [-0.2, -0.15) is 0 Å². The number of thiazole rings is 1. The molecule has 4 rings (SSSR count). The molecule has 3 nitrogen and oxygen atoms in total. The second-order valence-electron chi connectivity index (χ2n) is 7.47. The van der Waals surface area contributed by atoms with E-state index in [4.69, 9.17) is 4.98 Å². The topological polar surface area (TPSA) is 42.0 Å². The van der Waals surface area contributed by atoms with Gasteiger partial charge in [-0.15, -0.1) is 11.3 Å². The number of benzene rings is 2. The fourth-order valence-electron chi connectivity index (χ4n) is 3.44. The van der Waals surface area contributed by atoms with E-state index >= 15 is 0 Å². The first-order chi connectivity index (χ1) is 13.1. The monoisotopic (exact) mass is 376 g/mol. The van der Waals surface area contributed by atoms with Gasteiger partial charge in [-0.05, 0) is 32.3 Å². The van der Waals surface area contributed by atoms with Gasteiger partial charge < -0.3 is 5.32 Å². The van der Waals surface area contributed by atoms with E-state index in [0.717, 1.165) is 41.1 Å². The van der Waals surface area contributed by atoms with Crippen molar-refractivity contribution in [3.8, 4) is 10.6 Å². The zero-order valence-corrected chi connectivity index (χ0v) is 16.6. The Morgan fingerprint density at radius 3 is 2.59 bits per heavy atom. The van der Waals surface area contributed by atoms with Crippen LogP contribution >= 0.6 is 11.3 Å². The molecule has 27 heavy (non-hydrogen) atoms. The van der Waals surface area contributed by atoms with Crippen LogP contribution in [0.3, 0.4) is 0 Å². The molecule has 0 aliphatic heterocycles. The number of hydrogen-bond donors (Lipinski definition) is 1. The van der Waals surface area contributed by atoms with Crippen molar-refractivity contribution in [2.75, 3.05) is 6.54 Å². The minimum absolute atomic E-state index is 0.155. The van der Waals surface area contributed by atoms with Crippen LogP contribution in [0.2, 0.25) is 0 Å². The summed E-state index contributed by atoms with van der Waals surface area (Å²) in [7, 11) is 0. The van der Waals surface area contributed by atoms with Crippen molar-refractivity contribution in [2.24, 2.45) is 0 Å². The number of aryl methyl sites for hydroxylation is 2. The van der Waals surface area contributed by atoms with Crippen LogP contribution in [-0.4, -0.2) is 17.4 Å². The van der Waals surface area contributed by atoms with Crippen LogP contribution in [-0.2, 0) is 16.6 Å². The van der Waals surface area contributed by atoms with Gasteiger partial charge in [0.25, 0.3) is 0 Å². The number of rotatable bonds is 6. The summed E-state index contributed by atoms with van der Waals surface area (Å²) in [6.45, 7) is 4.79. The summed E-state index contributed by atoms with van der Waals surface area (Å²) in [5.74, 6) is 0.155. The van der Waals surface area contributed by atoms with Gasteiger partial charge in [0.2, 0.25) is 5.91 Å². The predicted molar refractivity (Wildman–Crippen MR) is 111 cm³/mol. The van der Waals surface area contributed by atoms with Crippen LogP contribution in [0.5, 0.6) is 0 Å². The average molecular weight is 377 g/mol. The highest BCUT2D eigenvalue weighted by atomic mass is 32.1. The van der Waals surface area contributed by atoms with Crippen molar-refractivity contribution < 1.29 is 4.79 Å². The highest BCUT2D eigenvalue weighted by Gasteiger charge is 2.51. The highest BCUT2D eigenvalue weighted by molar-refractivity contribution is 7.13. The SMILES string of the molecule is Cc1ccc(-c2nc(CCNC(=O)C3(c4cccc(C)c4)CC3)cs2)cc1. The lowest BCUT2D eigenvalue weighted by atomic mass is 9.93. The van der Waals surface area contributed by atoms with E-state index in [1.165, 1.54) is 11.1 Å². The van der Waals surface area contributed by atoms with Crippen molar-refractivity contribution in [1.82, 2.24) is 10.3 Å². The lowest BCUT2D eigenvalue weighted by Gasteiger charge is -2.16. The lowest BCUT2D eigenvalue weighted by molar-refractivity contribution is -0.123. The number of aromatic nitrogens is 1. The smallest absolute Gasteiger partial charge is 0.230 e. The Morgan fingerprint density at radius 1 is 1.11 bits per heavy atom. The summed E-state index contributed by atoms with van der Waals surface area (Å²) in [5, 5.41) is 6.26. The normalized spacial score (nSPS) is 14.7. The van der Waals surface area contributed by atoms with Gasteiger partial charge in [0.1, 0.15) is 5.01 Å². The number of nitrogens with one attached hydrogen (secondary N) is 1. The molecule has 0 bridgehead atoms. The Labute approximate surface area is 164 Å². The molecule has 0 unspecified atom stereocenters. The molecular formula is C23H24N2OS. The summed E-state index contributed by atoms with van der Waals surface area (Å²) in [6, 6.07) is 16.8. The number of hydrogen-bond acceptors (Lipinski definition) is 3. The molecule has 1 aromatic heterocycles. The molecule has 1 saturated carbocycles. The van der Waals surface area contributed by atoms with Gasteiger partial charge in [-0.25, -0.2) is 4.98 Å². The van der Waals surface area contributed by atoms with Crippen LogP contribution < -0.4 is 5.32 Å². The Kier molecular flexibility index (Phi) is 4.83. The standard InChI is InChI=1S/C23H24N2OS/c1-16-6-8-18(9-7-16)21-25-20(15-27-21)10-13-24-22(26)23(11-12-23)19-5-3-4-17(2)14-19/h3-9,14-15H,10-13H2,1-2H3,(H,24,26). The number of amides is 1. The van der Waals surface area contributed by atoms with E-state index in [1.54, 1.807) is 11.3 Å². The molecule has 0 spiro atoms. The van der Waals surface area contributed by atoms with Gasteiger partial charge in [-0.1, -0.05) is 59.7 Å². The molecule has 2 aromatic carbocycles. The van der Waals surface area contributed by atoms with Crippen molar-refractivity contribution in [3.05, 3.63) is 76.3 Å². The molecule has 0 radical (unpaired) electrons. The maximum Gasteiger partial charge on any atom is 0.230 e. The fraction of sp³-hybridized carbons (Fsp3) is 0.304. The molecule has 4 heteroatoms. The first-order valence-corrected chi connectivity index (χ1v) is 10.3. The van der Waals surface area contributed by atoms with Gasteiger partial charge in [0, 0.05) is 23.9 Å². The lowest BCUT2D eigenvalue weighted by Crippen LogP contribution is -2.36. The molecule has 1 N–H and O–H groups in total. The number of nitrogens with zero attached hydrogens (tertiary/aromatic N) is 1. The molecule has 138 valence electrons. The number of carbonyl (C=O) groups excluding carboxylic acids is 1. The summed E-state index contributed by atoms with van der Waals surface area (Å²) in [5.41, 5.74) is 5.49. The third-order valence-electron chi connectivity index (χ3n) is 5.27. The Balaban J connectivity index is 1.35. The maximum absolute atomic E-state index is 12.8. The minimum Gasteiger partial charge on any atom is -0.355 e. The van der Waals surface area contributed by atoms with Crippen molar-refractivity contribution in [3.63, 3.8) is 0 Å². The third kappa shape index (κ3) is 3.81. The highest BCUT2D eigenvalue weighted by Crippen LogP contribution is 2.48. The molecule has 0 saturated heterocycles. The molecule has 1 heterocycles. The summed E-state index contributed by atoms with van der Waals surface area (Å²) in [4.78, 5) is 17.5. The van der Waals surface area contributed by atoms with Gasteiger partial charge in [0.05, 0.1) is 11.1 Å². The van der Waals surface area contributed by atoms with Crippen molar-refractivity contribution in [2.45, 2.75) is 38.5 Å². The maximum atomic E-state index is 12.8. The first kappa shape index (κ1) is 17.9. The van der Waals surface area contributed by atoms with Gasteiger partial charge in [-0.3, -0.25) is 4.79 Å². The van der Waals surface area contributed by atoms with Crippen LogP contribution in [0.1, 0.15) is 35.2 Å². The Morgan fingerprint density at radius 2 is 1.89 bits per heavy atom. The zero-order valence-electron chi connectivity index (χ0n) is 15.8. The van der Waals surface area contributed by atoms with E-state index in [1.807, 2.05) is 6.07 Å². The van der Waals surface area contributed by atoms with E-state index in [2.05, 4.69) is 67.0 Å². The largest absolute Gasteiger partial charge is 0.355 e. The summed E-state index contributed by atoms with van der Waals surface area (Å²) < 4.78 is 0. The quantitative estimate of drug-likeness (QED) is 0.670. The Bertz CT molecular complexity index is 955. The van der Waals surface area contributed by atoms with Gasteiger partial charge >= 0.3 is 0 Å². The second-order valence-corrected chi connectivity index (χ2v) is 8.33. The molecule has 0 atom stereocenters. The molecule has 1 aliphatic rings. The van der Waals surface area contributed by atoms with Crippen LogP contribution in [0.4, 0.5) is 0 Å². The van der Waals surface area contributed by atoms with Crippen LogP contribution in [0.25, 0.3) is 10.6 Å². The van der Waals surface area contributed by atoms with E-state index in [-0.39, 0.29) is 11.3 Å². The molecule has 1 fully saturated rings. The van der Waals surface area contributed by atoms with E-state index in [0.29, 0.717) is 6.54 Å². The number of carbonyl (C=O) groups is 1. The van der Waals surface area contributed by atoms with Crippen molar-refractivity contribution in [1.29, 1.82) is 0 Å². The minimum atomic E-state index is -0.304. The fourth-order valence-corrected chi connectivity index (χ4v) is 4.30. The van der Waals surface area contributed by atoms with Crippen molar-refractivity contribution >= 4 is 17.2 Å². The molecule has 1 amide bonds. The summed E-state index contributed by atoms with van der Waals surface area (Å²) in [6.07, 6.45) is 2.64. The van der Waals surface area contributed by atoms with E-state index < -0.39 is 0 Å².